The maximum atomic E-state index is 12.3. The summed E-state index contributed by atoms with van der Waals surface area (Å²) < 4.78 is 12.3. The first-order valence-electron chi connectivity index (χ1n) is 4.62. The minimum absolute atomic E-state index is 0.386. The fourth-order valence-electron chi connectivity index (χ4n) is 1.40. The zero-order chi connectivity index (χ0) is 9.68. The van der Waals surface area contributed by atoms with Gasteiger partial charge in [0.25, 0.3) is 0 Å². The second kappa shape index (κ2) is 4.97. The van der Waals surface area contributed by atoms with Crippen molar-refractivity contribution in [2.75, 3.05) is 6.54 Å². The molecule has 1 rings (SSSR count). The molecule has 13 heavy (non-hydrogen) atoms. The van der Waals surface area contributed by atoms with Crippen LogP contribution in [0.25, 0.3) is 0 Å². The smallest absolute Gasteiger partial charge is 0.115 e. The molecule has 0 spiro atoms. The molecule has 1 nitrogen and oxygen atoms in total. The van der Waals surface area contributed by atoms with E-state index in [2.05, 4.69) is 6.92 Å². The van der Waals surface area contributed by atoms with Gasteiger partial charge in [0.05, 0.1) is 0 Å². The van der Waals surface area contributed by atoms with Gasteiger partial charge in [-0.05, 0) is 30.0 Å². The van der Waals surface area contributed by atoms with E-state index >= 15 is 0 Å². The molecule has 0 saturated heterocycles. The minimum atomic E-state index is -0.386. The predicted molar refractivity (Wildman–Crippen MR) is 53.3 cm³/mol. The lowest BCUT2D eigenvalue weighted by Gasteiger charge is -2.10. The lowest BCUT2D eigenvalue weighted by Crippen LogP contribution is -2.04. The van der Waals surface area contributed by atoms with Gasteiger partial charge < -0.3 is 5.73 Å². The maximum absolute atomic E-state index is 12.3. The van der Waals surface area contributed by atoms with E-state index in [0.717, 1.165) is 12.0 Å². The summed E-state index contributed by atoms with van der Waals surface area (Å²) in [5.74, 6) is 0.427. The van der Waals surface area contributed by atoms with Crippen LogP contribution < -0.4 is 5.73 Å². The summed E-state index contributed by atoms with van der Waals surface area (Å²) in [6, 6.07) is 7.65. The Kier molecular flexibility index (Phi) is 3.90. The lowest BCUT2D eigenvalue weighted by atomic mass is 9.96. The van der Waals surface area contributed by atoms with E-state index in [4.69, 9.17) is 5.73 Å². The van der Waals surface area contributed by atoms with Crippen molar-refractivity contribution < 1.29 is 4.39 Å². The summed E-state index contributed by atoms with van der Waals surface area (Å²) in [4.78, 5) is 0. The van der Waals surface area contributed by atoms with E-state index in [-0.39, 0.29) is 6.67 Å². The summed E-state index contributed by atoms with van der Waals surface area (Å²) in [5.41, 5.74) is 7.40. The van der Waals surface area contributed by atoms with Crippen molar-refractivity contribution in [2.24, 2.45) is 5.73 Å². The molecule has 0 radical (unpaired) electrons. The predicted octanol–water partition coefficient (Wildman–Crippen LogP) is 2.61. The third-order valence-electron chi connectivity index (χ3n) is 2.27. The molecule has 1 aromatic rings. The molecule has 0 amide bonds. The van der Waals surface area contributed by atoms with Gasteiger partial charge in [-0.3, -0.25) is 0 Å². The molecule has 0 fully saturated rings. The van der Waals surface area contributed by atoms with Gasteiger partial charge in [-0.2, -0.15) is 0 Å². The highest BCUT2D eigenvalue weighted by Crippen LogP contribution is 2.19. The Morgan fingerprint density at radius 2 is 2.23 bits per heavy atom. The molecule has 1 aromatic carbocycles. The third-order valence-corrected chi connectivity index (χ3v) is 2.27. The van der Waals surface area contributed by atoms with Gasteiger partial charge in [0.2, 0.25) is 0 Å². The molecule has 0 saturated carbocycles. The summed E-state index contributed by atoms with van der Waals surface area (Å²) >= 11 is 0. The molecule has 0 heterocycles. The van der Waals surface area contributed by atoms with Crippen molar-refractivity contribution in [3.05, 3.63) is 35.4 Å². The fraction of sp³-hybridized carbons (Fsp3) is 0.455. The molecule has 0 aliphatic carbocycles. The highest BCUT2D eigenvalue weighted by molar-refractivity contribution is 5.25. The van der Waals surface area contributed by atoms with E-state index in [1.54, 1.807) is 6.07 Å². The Bertz CT molecular complexity index is 260. The van der Waals surface area contributed by atoms with Crippen LogP contribution in [-0.2, 0) is 6.67 Å². The molecule has 72 valence electrons. The first-order valence-corrected chi connectivity index (χ1v) is 4.62. The second-order valence-electron chi connectivity index (χ2n) is 3.36. The molecule has 1 atom stereocenters. The Hall–Kier alpha value is -0.890. The first-order chi connectivity index (χ1) is 6.27. The third kappa shape index (κ3) is 2.81. The molecule has 1 unspecified atom stereocenters. The molecule has 0 aliphatic rings. The number of alkyl halides is 1. The second-order valence-corrected chi connectivity index (χ2v) is 3.36. The molecular weight excluding hydrogens is 165 g/mol. The van der Waals surface area contributed by atoms with Crippen molar-refractivity contribution in [1.29, 1.82) is 0 Å². The van der Waals surface area contributed by atoms with E-state index in [0.29, 0.717) is 12.5 Å². The summed E-state index contributed by atoms with van der Waals surface area (Å²) in [6.07, 6.45) is 0.954. The number of hydrogen-bond donors (Lipinski definition) is 1. The topological polar surface area (TPSA) is 26.0 Å². The first kappa shape index (κ1) is 10.2. The lowest BCUT2D eigenvalue weighted by molar-refractivity contribution is 0.484. The van der Waals surface area contributed by atoms with Gasteiger partial charge in [-0.1, -0.05) is 31.2 Å². The van der Waals surface area contributed by atoms with E-state index in [1.165, 1.54) is 5.56 Å². The largest absolute Gasteiger partial charge is 0.330 e. The Balaban J connectivity index is 2.75. The highest BCUT2D eigenvalue weighted by atomic mass is 19.1. The number of halogens is 1. The van der Waals surface area contributed by atoms with Gasteiger partial charge >= 0.3 is 0 Å². The molecule has 2 N–H and O–H groups in total. The zero-order valence-corrected chi connectivity index (χ0v) is 7.96. The van der Waals surface area contributed by atoms with Crippen LogP contribution in [0.4, 0.5) is 4.39 Å². The standard InChI is InChI=1S/C11H16FN/c1-9(5-6-13)11-4-2-3-10(7-11)8-12/h2-4,7,9H,5-6,8,13H2,1H3. The van der Waals surface area contributed by atoms with Crippen LogP contribution >= 0.6 is 0 Å². The van der Waals surface area contributed by atoms with Crippen LogP contribution in [-0.4, -0.2) is 6.54 Å². The average molecular weight is 181 g/mol. The van der Waals surface area contributed by atoms with Crippen molar-refractivity contribution in [2.45, 2.75) is 25.9 Å². The molecule has 2 heteroatoms. The van der Waals surface area contributed by atoms with Crippen LogP contribution in [0.3, 0.4) is 0 Å². The Labute approximate surface area is 78.8 Å². The van der Waals surface area contributed by atoms with Gasteiger partial charge in [0, 0.05) is 0 Å². The van der Waals surface area contributed by atoms with Crippen molar-refractivity contribution >= 4 is 0 Å². The molecule has 0 bridgehead atoms. The highest BCUT2D eigenvalue weighted by Gasteiger charge is 2.04. The minimum Gasteiger partial charge on any atom is -0.330 e. The van der Waals surface area contributed by atoms with Gasteiger partial charge in [-0.15, -0.1) is 0 Å². The van der Waals surface area contributed by atoms with Gasteiger partial charge in [-0.25, -0.2) is 4.39 Å². The SMILES string of the molecule is CC(CCN)c1cccc(CF)c1. The van der Waals surface area contributed by atoms with Crippen molar-refractivity contribution in [3.8, 4) is 0 Å². The average Bonchev–Trinajstić information content (AvgIpc) is 2.18. The van der Waals surface area contributed by atoms with Gasteiger partial charge in [0.1, 0.15) is 6.67 Å². The number of benzene rings is 1. The van der Waals surface area contributed by atoms with Crippen LogP contribution in [0.1, 0.15) is 30.4 Å². The number of rotatable bonds is 4. The molecular formula is C11H16FN. The van der Waals surface area contributed by atoms with Gasteiger partial charge in [0.15, 0.2) is 0 Å². The fourth-order valence-corrected chi connectivity index (χ4v) is 1.40. The molecule has 0 aliphatic heterocycles. The van der Waals surface area contributed by atoms with Crippen LogP contribution in [0, 0.1) is 0 Å². The zero-order valence-electron chi connectivity index (χ0n) is 7.96. The maximum Gasteiger partial charge on any atom is 0.115 e. The monoisotopic (exact) mass is 181 g/mol. The van der Waals surface area contributed by atoms with Crippen LogP contribution in [0.15, 0.2) is 24.3 Å². The van der Waals surface area contributed by atoms with Crippen LogP contribution in [0.5, 0.6) is 0 Å². The van der Waals surface area contributed by atoms with E-state index < -0.39 is 0 Å². The Morgan fingerprint density at radius 1 is 1.46 bits per heavy atom. The van der Waals surface area contributed by atoms with Crippen molar-refractivity contribution in [3.63, 3.8) is 0 Å². The number of hydrogen-bond acceptors (Lipinski definition) is 1. The van der Waals surface area contributed by atoms with Crippen LogP contribution in [0.2, 0.25) is 0 Å². The van der Waals surface area contributed by atoms with E-state index in [1.807, 2.05) is 18.2 Å². The van der Waals surface area contributed by atoms with E-state index in [9.17, 15) is 4.39 Å². The summed E-state index contributed by atoms with van der Waals surface area (Å²) in [5, 5.41) is 0. The Morgan fingerprint density at radius 3 is 2.85 bits per heavy atom. The summed E-state index contributed by atoms with van der Waals surface area (Å²) in [6.45, 7) is 2.41. The normalized spacial score (nSPS) is 12.8. The quantitative estimate of drug-likeness (QED) is 0.759. The van der Waals surface area contributed by atoms with Crippen molar-refractivity contribution in [1.82, 2.24) is 0 Å². The molecule has 0 aromatic heterocycles. The number of nitrogens with two attached hydrogens (primary N) is 1. The summed E-state index contributed by atoms with van der Waals surface area (Å²) in [7, 11) is 0.